The van der Waals surface area contributed by atoms with E-state index in [2.05, 4.69) is 17.2 Å². The van der Waals surface area contributed by atoms with Gasteiger partial charge in [-0.3, -0.25) is 14.4 Å². The number of nitrogens with one attached hydrogen (secondary N) is 2. The highest BCUT2D eigenvalue weighted by Crippen LogP contribution is 2.19. The first-order chi connectivity index (χ1) is 13.1. The predicted molar refractivity (Wildman–Crippen MR) is 112 cm³/mol. The fourth-order valence-electron chi connectivity index (χ4n) is 2.49. The van der Waals surface area contributed by atoms with Crippen LogP contribution in [0.4, 0.5) is 11.4 Å². The zero-order chi connectivity index (χ0) is 20.9. The number of carbonyl (C=O) groups excluding carboxylic acids is 3. The van der Waals surface area contributed by atoms with Gasteiger partial charge in [-0.15, -0.1) is 0 Å². The van der Waals surface area contributed by atoms with Crippen LogP contribution < -0.4 is 15.5 Å². The Kier molecular flexibility index (Phi) is 6.36. The van der Waals surface area contributed by atoms with Crippen molar-refractivity contribution < 1.29 is 14.4 Å². The van der Waals surface area contributed by atoms with Crippen molar-refractivity contribution in [3.8, 4) is 0 Å². The van der Waals surface area contributed by atoms with Crippen LogP contribution in [0.5, 0.6) is 0 Å². The van der Waals surface area contributed by atoms with E-state index in [1.807, 2.05) is 20.8 Å². The first kappa shape index (κ1) is 20.9. The Morgan fingerprint density at radius 3 is 2.14 bits per heavy atom. The summed E-state index contributed by atoms with van der Waals surface area (Å²) in [6.45, 7) is 9.13. The molecule has 0 aromatic heterocycles. The molecule has 0 saturated carbocycles. The van der Waals surface area contributed by atoms with Crippen molar-refractivity contribution in [3.63, 3.8) is 0 Å². The molecule has 0 spiro atoms. The van der Waals surface area contributed by atoms with Crippen LogP contribution in [-0.2, 0) is 4.79 Å². The van der Waals surface area contributed by atoms with Gasteiger partial charge in [0.2, 0.25) is 5.91 Å². The van der Waals surface area contributed by atoms with E-state index in [1.54, 1.807) is 55.6 Å². The molecule has 6 nitrogen and oxygen atoms in total. The van der Waals surface area contributed by atoms with Gasteiger partial charge in [0.25, 0.3) is 11.8 Å². The van der Waals surface area contributed by atoms with Crippen molar-refractivity contribution in [1.29, 1.82) is 0 Å². The zero-order valence-corrected chi connectivity index (χ0v) is 16.6. The summed E-state index contributed by atoms with van der Waals surface area (Å²) in [5.74, 6) is -0.848. The maximum absolute atomic E-state index is 12.6. The van der Waals surface area contributed by atoms with Crippen LogP contribution in [0, 0.1) is 0 Å². The van der Waals surface area contributed by atoms with Gasteiger partial charge < -0.3 is 15.5 Å². The normalized spacial score (nSPS) is 10.7. The van der Waals surface area contributed by atoms with Crippen LogP contribution in [0.25, 0.3) is 0 Å². The van der Waals surface area contributed by atoms with Crippen LogP contribution in [0.3, 0.4) is 0 Å². The number of carbonyl (C=O) groups is 3. The summed E-state index contributed by atoms with van der Waals surface area (Å²) < 4.78 is 0. The molecule has 0 atom stereocenters. The third-order valence-electron chi connectivity index (χ3n) is 3.93. The zero-order valence-electron chi connectivity index (χ0n) is 16.6. The average molecular weight is 379 g/mol. The average Bonchev–Trinajstić information content (AvgIpc) is 2.65. The highest BCUT2D eigenvalue weighted by Gasteiger charge is 2.19. The predicted octanol–water partition coefficient (Wildman–Crippen LogP) is 3.62. The van der Waals surface area contributed by atoms with Gasteiger partial charge in [0.05, 0.1) is 11.3 Å². The number of likely N-dealkylation sites (N-methyl/N-ethyl adjacent to an activating group) is 1. The molecule has 0 aliphatic heterocycles. The molecule has 0 aliphatic rings. The number of amides is 3. The molecule has 28 heavy (non-hydrogen) atoms. The largest absolute Gasteiger partial charge is 0.347 e. The fourth-order valence-corrected chi connectivity index (χ4v) is 2.49. The van der Waals surface area contributed by atoms with Gasteiger partial charge in [0, 0.05) is 23.8 Å². The SMILES string of the molecule is C=CC(=O)N(C)c1ccc(C(=O)Nc2ccccc2C(=O)NC(C)(C)C)cc1. The summed E-state index contributed by atoms with van der Waals surface area (Å²) in [4.78, 5) is 38.2. The van der Waals surface area contributed by atoms with E-state index < -0.39 is 0 Å². The molecule has 6 heteroatoms. The number of anilines is 2. The number of hydrogen-bond acceptors (Lipinski definition) is 3. The lowest BCUT2D eigenvalue weighted by atomic mass is 10.1. The second-order valence-electron chi connectivity index (χ2n) is 7.35. The number of para-hydroxylation sites is 1. The van der Waals surface area contributed by atoms with Gasteiger partial charge in [0.15, 0.2) is 0 Å². The molecule has 2 aromatic carbocycles. The standard InChI is InChI=1S/C22H25N3O3/c1-6-19(26)25(5)16-13-11-15(12-14-16)20(27)23-18-10-8-7-9-17(18)21(28)24-22(2,3)4/h6-14H,1H2,2-5H3,(H,23,27)(H,24,28). The molecule has 3 amide bonds. The third-order valence-corrected chi connectivity index (χ3v) is 3.93. The topological polar surface area (TPSA) is 78.5 Å². The van der Waals surface area contributed by atoms with Crippen molar-refractivity contribution in [2.45, 2.75) is 26.3 Å². The highest BCUT2D eigenvalue weighted by atomic mass is 16.2. The van der Waals surface area contributed by atoms with Gasteiger partial charge >= 0.3 is 0 Å². The quantitative estimate of drug-likeness (QED) is 0.779. The molecular weight excluding hydrogens is 354 g/mol. The summed E-state index contributed by atoms with van der Waals surface area (Å²) in [7, 11) is 1.63. The molecule has 0 bridgehead atoms. The maximum atomic E-state index is 12.6. The molecule has 0 radical (unpaired) electrons. The summed E-state index contributed by atoms with van der Waals surface area (Å²) in [5.41, 5.74) is 1.48. The lowest BCUT2D eigenvalue weighted by Gasteiger charge is -2.21. The van der Waals surface area contributed by atoms with Crippen LogP contribution in [0.2, 0.25) is 0 Å². The van der Waals surface area contributed by atoms with Crippen molar-refractivity contribution in [2.75, 3.05) is 17.3 Å². The summed E-state index contributed by atoms with van der Waals surface area (Å²) in [6.07, 6.45) is 1.22. The number of nitrogens with zero attached hydrogens (tertiary/aromatic N) is 1. The Morgan fingerprint density at radius 2 is 1.57 bits per heavy atom. The summed E-state index contributed by atoms with van der Waals surface area (Å²) >= 11 is 0. The van der Waals surface area contributed by atoms with E-state index in [0.717, 1.165) is 0 Å². The summed E-state index contributed by atoms with van der Waals surface area (Å²) in [6, 6.07) is 13.4. The number of rotatable bonds is 5. The van der Waals surface area contributed by atoms with Gasteiger partial charge in [0.1, 0.15) is 0 Å². The van der Waals surface area contributed by atoms with E-state index in [4.69, 9.17) is 0 Å². The Hall–Kier alpha value is -3.41. The van der Waals surface area contributed by atoms with E-state index in [1.165, 1.54) is 11.0 Å². The van der Waals surface area contributed by atoms with E-state index in [9.17, 15) is 14.4 Å². The van der Waals surface area contributed by atoms with Crippen LogP contribution >= 0.6 is 0 Å². The van der Waals surface area contributed by atoms with Crippen molar-refractivity contribution in [1.82, 2.24) is 5.32 Å². The van der Waals surface area contributed by atoms with Gasteiger partial charge in [-0.1, -0.05) is 18.7 Å². The van der Waals surface area contributed by atoms with Gasteiger partial charge in [-0.05, 0) is 63.2 Å². The first-order valence-corrected chi connectivity index (χ1v) is 8.85. The third kappa shape index (κ3) is 5.30. The van der Waals surface area contributed by atoms with Crippen molar-refractivity contribution in [2.24, 2.45) is 0 Å². The lowest BCUT2D eigenvalue weighted by Crippen LogP contribution is -2.40. The second kappa shape index (κ2) is 8.52. The minimum atomic E-state index is -0.390. The van der Waals surface area contributed by atoms with Crippen molar-refractivity contribution >= 4 is 29.1 Å². The van der Waals surface area contributed by atoms with Crippen molar-refractivity contribution in [3.05, 3.63) is 72.3 Å². The lowest BCUT2D eigenvalue weighted by molar-refractivity contribution is -0.113. The Bertz CT molecular complexity index is 896. The number of hydrogen-bond donors (Lipinski definition) is 2. The molecule has 0 unspecified atom stereocenters. The number of benzene rings is 2. The molecule has 0 fully saturated rings. The Labute approximate surface area is 165 Å². The molecule has 0 aliphatic carbocycles. The van der Waals surface area contributed by atoms with E-state index in [0.29, 0.717) is 22.5 Å². The van der Waals surface area contributed by atoms with Gasteiger partial charge in [-0.2, -0.15) is 0 Å². The van der Waals surface area contributed by atoms with Crippen LogP contribution in [-0.4, -0.2) is 30.3 Å². The monoisotopic (exact) mass is 379 g/mol. The van der Waals surface area contributed by atoms with E-state index >= 15 is 0 Å². The highest BCUT2D eigenvalue weighted by molar-refractivity contribution is 6.09. The summed E-state index contributed by atoms with van der Waals surface area (Å²) in [5, 5.41) is 5.67. The molecule has 0 heterocycles. The first-order valence-electron chi connectivity index (χ1n) is 8.85. The minimum Gasteiger partial charge on any atom is -0.347 e. The molecule has 2 rings (SSSR count). The molecule has 0 saturated heterocycles. The van der Waals surface area contributed by atoms with Gasteiger partial charge in [-0.25, -0.2) is 0 Å². The molecule has 2 N–H and O–H groups in total. The van der Waals surface area contributed by atoms with E-state index in [-0.39, 0.29) is 23.3 Å². The maximum Gasteiger partial charge on any atom is 0.255 e. The Morgan fingerprint density at radius 1 is 0.964 bits per heavy atom. The molecule has 2 aromatic rings. The fraction of sp³-hybridized carbons (Fsp3) is 0.227. The Balaban J connectivity index is 2.18. The molecular formula is C22H25N3O3. The molecule has 146 valence electrons. The smallest absolute Gasteiger partial charge is 0.255 e. The minimum absolute atomic E-state index is 0.240. The van der Waals surface area contributed by atoms with Crippen LogP contribution in [0.15, 0.2) is 61.2 Å². The van der Waals surface area contributed by atoms with Crippen LogP contribution in [0.1, 0.15) is 41.5 Å². The second-order valence-corrected chi connectivity index (χ2v) is 7.35.